The molecule has 1 aromatic carbocycles. The molecule has 1 N–H and O–H groups in total. The van der Waals surface area contributed by atoms with E-state index in [1.165, 1.54) is 11.5 Å². The lowest BCUT2D eigenvalue weighted by molar-refractivity contribution is 0.173. The monoisotopic (exact) mass is 274 g/mol. The van der Waals surface area contributed by atoms with Gasteiger partial charge < -0.3 is 5.11 Å². The Labute approximate surface area is 107 Å². The van der Waals surface area contributed by atoms with E-state index in [-0.39, 0.29) is 0 Å². The first-order valence-electron chi connectivity index (χ1n) is 4.56. The molecule has 0 amide bonds. The van der Waals surface area contributed by atoms with Crippen LogP contribution in [0, 0.1) is 0 Å². The molecule has 0 aliphatic heterocycles. The van der Waals surface area contributed by atoms with Crippen LogP contribution >= 0.6 is 34.7 Å². The Morgan fingerprint density at radius 3 is 2.81 bits per heavy atom. The van der Waals surface area contributed by atoms with Crippen molar-refractivity contribution in [2.45, 2.75) is 12.5 Å². The number of aromatic nitrogens is 2. The van der Waals surface area contributed by atoms with E-state index in [0.29, 0.717) is 22.2 Å². The molecule has 0 spiro atoms. The second kappa shape index (κ2) is 5.10. The Balaban J connectivity index is 2.15. The molecule has 0 aliphatic rings. The highest BCUT2D eigenvalue weighted by atomic mass is 35.5. The fourth-order valence-electron chi connectivity index (χ4n) is 1.32. The van der Waals surface area contributed by atoms with E-state index >= 15 is 0 Å². The van der Waals surface area contributed by atoms with Gasteiger partial charge in [0, 0.05) is 21.8 Å². The van der Waals surface area contributed by atoms with Gasteiger partial charge in [0.1, 0.15) is 11.8 Å². The molecule has 1 atom stereocenters. The van der Waals surface area contributed by atoms with E-state index in [0.717, 1.165) is 5.56 Å². The first-order chi connectivity index (χ1) is 7.66. The molecule has 0 saturated heterocycles. The lowest BCUT2D eigenvalue weighted by atomic mass is 10.1. The lowest BCUT2D eigenvalue weighted by Crippen LogP contribution is -2.02. The highest BCUT2D eigenvalue weighted by Crippen LogP contribution is 2.25. The van der Waals surface area contributed by atoms with Gasteiger partial charge in [-0.25, -0.2) is 0 Å². The van der Waals surface area contributed by atoms with E-state index in [1.807, 2.05) is 0 Å². The summed E-state index contributed by atoms with van der Waals surface area (Å²) in [5.41, 5.74) is 1.41. The predicted molar refractivity (Wildman–Crippen MR) is 65.0 cm³/mol. The highest BCUT2D eigenvalue weighted by Gasteiger charge is 2.13. The van der Waals surface area contributed by atoms with Crippen LogP contribution in [0.3, 0.4) is 0 Å². The minimum atomic E-state index is -0.683. The zero-order valence-corrected chi connectivity index (χ0v) is 10.4. The van der Waals surface area contributed by atoms with Crippen molar-refractivity contribution >= 4 is 34.7 Å². The lowest BCUT2D eigenvalue weighted by Gasteiger charge is -2.09. The van der Waals surface area contributed by atoms with Crippen LogP contribution in [0.15, 0.2) is 23.6 Å². The molecule has 1 unspecified atom stereocenters. The molecule has 6 heteroatoms. The van der Waals surface area contributed by atoms with Crippen LogP contribution in [-0.2, 0) is 6.42 Å². The summed E-state index contributed by atoms with van der Waals surface area (Å²) in [7, 11) is 0. The molecule has 2 rings (SSSR count). The molecule has 1 aromatic heterocycles. The normalized spacial score (nSPS) is 12.7. The minimum Gasteiger partial charge on any atom is -0.386 e. The zero-order chi connectivity index (χ0) is 11.5. The Morgan fingerprint density at radius 2 is 2.19 bits per heavy atom. The van der Waals surface area contributed by atoms with Crippen LogP contribution in [0.4, 0.5) is 0 Å². The molecule has 3 nitrogen and oxygen atoms in total. The van der Waals surface area contributed by atoms with Crippen LogP contribution in [0.2, 0.25) is 10.0 Å². The number of hydrogen-bond acceptors (Lipinski definition) is 4. The third-order valence-corrected chi connectivity index (χ3v) is 3.26. The predicted octanol–water partition coefficient (Wildman–Crippen LogP) is 3.12. The van der Waals surface area contributed by atoms with Crippen LogP contribution in [0.1, 0.15) is 17.4 Å². The number of hydrogen-bond donors (Lipinski definition) is 1. The van der Waals surface area contributed by atoms with Gasteiger partial charge in [-0.05, 0) is 29.2 Å². The summed E-state index contributed by atoms with van der Waals surface area (Å²) < 4.78 is 3.70. The van der Waals surface area contributed by atoms with Gasteiger partial charge >= 0.3 is 0 Å². The van der Waals surface area contributed by atoms with Crippen LogP contribution in [0.25, 0.3) is 0 Å². The molecular formula is C10H8Cl2N2OS. The SMILES string of the molecule is OC(Cc1ccc(Cl)cc1Cl)c1csnn1. The number of benzene rings is 1. The van der Waals surface area contributed by atoms with Crippen molar-refractivity contribution in [1.82, 2.24) is 9.59 Å². The van der Waals surface area contributed by atoms with E-state index in [4.69, 9.17) is 23.2 Å². The molecule has 1 heterocycles. The molecule has 0 aliphatic carbocycles. The third kappa shape index (κ3) is 2.71. The maximum absolute atomic E-state index is 9.87. The van der Waals surface area contributed by atoms with Gasteiger partial charge in [0.2, 0.25) is 0 Å². The van der Waals surface area contributed by atoms with Crippen molar-refractivity contribution in [2.24, 2.45) is 0 Å². The van der Waals surface area contributed by atoms with E-state index in [9.17, 15) is 5.11 Å². The van der Waals surface area contributed by atoms with Gasteiger partial charge in [0.25, 0.3) is 0 Å². The van der Waals surface area contributed by atoms with Gasteiger partial charge in [0.05, 0.1) is 0 Å². The summed E-state index contributed by atoms with van der Waals surface area (Å²) in [6, 6.07) is 5.20. The number of halogens is 2. The smallest absolute Gasteiger partial charge is 0.104 e. The Hall–Kier alpha value is -0.680. The second-order valence-corrected chi connectivity index (χ2v) is 4.74. The van der Waals surface area contributed by atoms with Crippen molar-refractivity contribution in [1.29, 1.82) is 0 Å². The van der Waals surface area contributed by atoms with Crippen molar-refractivity contribution in [3.8, 4) is 0 Å². The fourth-order valence-corrected chi connectivity index (χ4v) is 2.30. The first kappa shape index (κ1) is 11.8. The molecular weight excluding hydrogens is 267 g/mol. The third-order valence-electron chi connectivity index (χ3n) is 2.15. The maximum atomic E-state index is 9.87. The summed E-state index contributed by atoms with van der Waals surface area (Å²) in [5.74, 6) is 0. The summed E-state index contributed by atoms with van der Waals surface area (Å²) in [4.78, 5) is 0. The molecule has 16 heavy (non-hydrogen) atoms. The van der Waals surface area contributed by atoms with Crippen molar-refractivity contribution < 1.29 is 5.11 Å². The van der Waals surface area contributed by atoms with Crippen molar-refractivity contribution in [2.75, 3.05) is 0 Å². The average molecular weight is 275 g/mol. The van der Waals surface area contributed by atoms with Gasteiger partial charge in [-0.1, -0.05) is 33.8 Å². The largest absolute Gasteiger partial charge is 0.386 e. The van der Waals surface area contributed by atoms with Gasteiger partial charge in [-0.15, -0.1) is 5.10 Å². The fraction of sp³-hybridized carbons (Fsp3) is 0.200. The number of rotatable bonds is 3. The Bertz CT molecular complexity index is 476. The molecule has 0 radical (unpaired) electrons. The summed E-state index contributed by atoms with van der Waals surface area (Å²) >= 11 is 13.0. The summed E-state index contributed by atoms with van der Waals surface area (Å²) in [5, 5.41) is 16.5. The van der Waals surface area contributed by atoms with Crippen molar-refractivity contribution in [3.05, 3.63) is 44.9 Å². The molecule has 0 fully saturated rings. The first-order valence-corrected chi connectivity index (χ1v) is 6.15. The molecule has 84 valence electrons. The quantitative estimate of drug-likeness (QED) is 0.936. The summed E-state index contributed by atoms with van der Waals surface area (Å²) in [6.45, 7) is 0. The highest BCUT2D eigenvalue weighted by molar-refractivity contribution is 7.03. The number of aliphatic hydroxyl groups is 1. The maximum Gasteiger partial charge on any atom is 0.104 e. The molecule has 2 aromatic rings. The topological polar surface area (TPSA) is 46.0 Å². The van der Waals surface area contributed by atoms with Crippen LogP contribution in [-0.4, -0.2) is 14.7 Å². The molecule has 0 bridgehead atoms. The average Bonchev–Trinajstić information content (AvgIpc) is 2.75. The van der Waals surface area contributed by atoms with Gasteiger partial charge in [-0.3, -0.25) is 0 Å². The zero-order valence-electron chi connectivity index (χ0n) is 8.10. The van der Waals surface area contributed by atoms with Crippen LogP contribution in [0.5, 0.6) is 0 Å². The van der Waals surface area contributed by atoms with E-state index in [2.05, 4.69) is 9.59 Å². The van der Waals surface area contributed by atoms with Crippen molar-refractivity contribution in [3.63, 3.8) is 0 Å². The Kier molecular flexibility index (Phi) is 3.76. The number of nitrogens with zero attached hydrogens (tertiary/aromatic N) is 2. The number of aliphatic hydroxyl groups excluding tert-OH is 1. The van der Waals surface area contributed by atoms with Gasteiger partial charge in [-0.2, -0.15) is 0 Å². The van der Waals surface area contributed by atoms with Crippen LogP contribution < -0.4 is 0 Å². The van der Waals surface area contributed by atoms with E-state index < -0.39 is 6.10 Å². The summed E-state index contributed by atoms with van der Waals surface area (Å²) in [6.07, 6.45) is -0.279. The van der Waals surface area contributed by atoms with Gasteiger partial charge in [0.15, 0.2) is 0 Å². The van der Waals surface area contributed by atoms with E-state index in [1.54, 1.807) is 23.6 Å². The Morgan fingerprint density at radius 1 is 1.38 bits per heavy atom. The minimum absolute atomic E-state index is 0.404. The standard InChI is InChI=1S/C10H8Cl2N2OS/c11-7-2-1-6(8(12)4-7)3-10(15)9-5-16-14-13-9/h1-2,4-5,10,15H,3H2. The second-order valence-electron chi connectivity index (χ2n) is 3.29. The molecule has 0 saturated carbocycles.